The number of aromatic nitrogens is 1. The zero-order chi connectivity index (χ0) is 23.0. The van der Waals surface area contributed by atoms with Crippen molar-refractivity contribution in [3.05, 3.63) is 57.7 Å². The van der Waals surface area contributed by atoms with E-state index in [0.717, 1.165) is 28.7 Å². The summed E-state index contributed by atoms with van der Waals surface area (Å²) in [6.45, 7) is 4.12. The van der Waals surface area contributed by atoms with Crippen molar-refractivity contribution in [3.8, 4) is 0 Å². The Morgan fingerprint density at radius 2 is 2.09 bits per heavy atom. The third-order valence-electron chi connectivity index (χ3n) is 5.09. The van der Waals surface area contributed by atoms with E-state index >= 15 is 0 Å². The van der Waals surface area contributed by atoms with E-state index in [0.29, 0.717) is 28.4 Å². The van der Waals surface area contributed by atoms with Gasteiger partial charge in [-0.1, -0.05) is 29.0 Å². The zero-order valence-electron chi connectivity index (χ0n) is 16.6. The normalized spacial score (nSPS) is 18.3. The van der Waals surface area contributed by atoms with Crippen LogP contribution in [0, 0.1) is 17.6 Å². The van der Waals surface area contributed by atoms with Crippen molar-refractivity contribution in [2.24, 2.45) is 10.9 Å². The first-order valence-corrected chi connectivity index (χ1v) is 13.1. The lowest BCUT2D eigenvalue weighted by atomic mass is 9.99. The molecule has 0 N–H and O–H groups in total. The predicted molar refractivity (Wildman–Crippen MR) is 121 cm³/mol. The van der Waals surface area contributed by atoms with Crippen molar-refractivity contribution in [2.75, 3.05) is 13.1 Å². The van der Waals surface area contributed by atoms with Gasteiger partial charge in [0.25, 0.3) is 15.9 Å². The molecule has 0 aliphatic carbocycles. The second-order valence-electron chi connectivity index (χ2n) is 7.23. The standard InChI is InChI=1S/C20H18ClF2N3O3S3/c1-2-7-26-18-14(23)9-13(22)10-15(18)30-20(26)24-19(27)12-4-3-8-25(11-12)32(28,29)17-6-5-16(21)31-17/h2,5-6,9-10,12H,1,3-4,7-8,11H2. The van der Waals surface area contributed by atoms with Gasteiger partial charge in [0.15, 0.2) is 10.6 Å². The van der Waals surface area contributed by atoms with Gasteiger partial charge in [0.05, 0.1) is 20.5 Å². The van der Waals surface area contributed by atoms with Crippen molar-refractivity contribution in [3.63, 3.8) is 0 Å². The number of sulfonamides is 1. The summed E-state index contributed by atoms with van der Waals surface area (Å²) in [6, 6.07) is 4.93. The minimum atomic E-state index is -3.76. The molecule has 1 aromatic carbocycles. The molecule has 1 aliphatic rings. The minimum absolute atomic E-state index is 0.00444. The lowest BCUT2D eigenvalue weighted by Gasteiger charge is -2.29. The Labute approximate surface area is 196 Å². The molecular weight excluding hydrogens is 500 g/mol. The largest absolute Gasteiger partial charge is 0.310 e. The smallest absolute Gasteiger partial charge is 0.252 e. The second-order valence-corrected chi connectivity index (χ2v) is 12.1. The molecule has 1 amide bonds. The number of carbonyl (C=O) groups is 1. The van der Waals surface area contributed by atoms with E-state index in [1.54, 1.807) is 0 Å². The van der Waals surface area contributed by atoms with Crippen LogP contribution in [0.15, 0.2) is 46.1 Å². The molecule has 170 valence electrons. The Kier molecular flexibility index (Phi) is 6.64. The number of amides is 1. The number of carbonyl (C=O) groups excluding carboxylic acids is 1. The number of hydrogen-bond acceptors (Lipinski definition) is 5. The summed E-state index contributed by atoms with van der Waals surface area (Å²) in [7, 11) is -3.76. The molecule has 32 heavy (non-hydrogen) atoms. The first kappa shape index (κ1) is 23.2. The quantitative estimate of drug-likeness (QED) is 0.471. The van der Waals surface area contributed by atoms with Crippen LogP contribution in [0.3, 0.4) is 0 Å². The highest BCUT2D eigenvalue weighted by atomic mass is 35.5. The average molecular weight is 518 g/mol. The van der Waals surface area contributed by atoms with Gasteiger partial charge in [0.1, 0.15) is 10.0 Å². The van der Waals surface area contributed by atoms with Gasteiger partial charge >= 0.3 is 0 Å². The number of halogens is 3. The van der Waals surface area contributed by atoms with E-state index < -0.39 is 33.5 Å². The van der Waals surface area contributed by atoms with Crippen LogP contribution in [0.5, 0.6) is 0 Å². The summed E-state index contributed by atoms with van der Waals surface area (Å²) in [5.74, 6) is -2.62. The highest BCUT2D eigenvalue weighted by Crippen LogP contribution is 2.31. The first-order chi connectivity index (χ1) is 15.2. The Bertz CT molecular complexity index is 1380. The monoisotopic (exact) mass is 517 g/mol. The number of rotatable bonds is 5. The van der Waals surface area contributed by atoms with Crippen LogP contribution in [0.2, 0.25) is 4.34 Å². The Morgan fingerprint density at radius 3 is 2.78 bits per heavy atom. The molecule has 1 unspecified atom stereocenters. The average Bonchev–Trinajstić information content (AvgIpc) is 3.32. The maximum absolute atomic E-state index is 14.4. The fraction of sp³-hybridized carbons (Fsp3) is 0.300. The summed E-state index contributed by atoms with van der Waals surface area (Å²) < 4.78 is 57.4. The van der Waals surface area contributed by atoms with Gasteiger partial charge in [0.2, 0.25) is 0 Å². The van der Waals surface area contributed by atoms with E-state index in [-0.39, 0.29) is 27.6 Å². The molecule has 3 heterocycles. The molecule has 3 aromatic rings. The summed E-state index contributed by atoms with van der Waals surface area (Å²) in [5.41, 5.74) is 0.144. The lowest BCUT2D eigenvalue weighted by molar-refractivity contribution is -0.122. The summed E-state index contributed by atoms with van der Waals surface area (Å²) in [6.07, 6.45) is 2.51. The fourth-order valence-electron chi connectivity index (χ4n) is 3.62. The molecule has 0 saturated carbocycles. The zero-order valence-corrected chi connectivity index (χ0v) is 19.8. The fourth-order valence-corrected chi connectivity index (χ4v) is 7.87. The third-order valence-corrected chi connectivity index (χ3v) is 9.68. The number of nitrogens with zero attached hydrogens (tertiary/aromatic N) is 3. The van der Waals surface area contributed by atoms with Crippen LogP contribution in [0.4, 0.5) is 8.78 Å². The maximum atomic E-state index is 14.4. The number of piperidine rings is 1. The minimum Gasteiger partial charge on any atom is -0.310 e. The molecule has 1 saturated heterocycles. The molecule has 0 bridgehead atoms. The predicted octanol–water partition coefficient (Wildman–Crippen LogP) is 4.41. The van der Waals surface area contributed by atoms with Crippen molar-refractivity contribution >= 4 is 60.4 Å². The molecule has 1 aliphatic heterocycles. The number of fused-ring (bicyclic) bond motifs is 1. The van der Waals surface area contributed by atoms with Gasteiger partial charge in [-0.15, -0.1) is 17.9 Å². The van der Waals surface area contributed by atoms with Gasteiger partial charge in [0, 0.05) is 25.7 Å². The van der Waals surface area contributed by atoms with E-state index in [1.807, 2.05) is 0 Å². The number of thiazole rings is 1. The van der Waals surface area contributed by atoms with Crippen molar-refractivity contribution in [1.29, 1.82) is 0 Å². The van der Waals surface area contributed by atoms with Crippen LogP contribution >= 0.6 is 34.3 Å². The summed E-state index contributed by atoms with van der Waals surface area (Å²) in [4.78, 5) is 17.3. The topological polar surface area (TPSA) is 71.7 Å². The van der Waals surface area contributed by atoms with Crippen molar-refractivity contribution in [1.82, 2.24) is 8.87 Å². The Morgan fingerprint density at radius 1 is 1.31 bits per heavy atom. The highest BCUT2D eigenvalue weighted by molar-refractivity contribution is 7.91. The van der Waals surface area contributed by atoms with Gasteiger partial charge < -0.3 is 4.57 Å². The number of allylic oxidation sites excluding steroid dienone is 1. The summed E-state index contributed by atoms with van der Waals surface area (Å²) >= 11 is 7.83. The van der Waals surface area contributed by atoms with Crippen molar-refractivity contribution in [2.45, 2.75) is 23.6 Å². The molecular formula is C20H18ClF2N3O3S3. The first-order valence-electron chi connectivity index (χ1n) is 9.64. The summed E-state index contributed by atoms with van der Waals surface area (Å²) in [5, 5.41) is 0. The molecule has 4 rings (SSSR count). The van der Waals surface area contributed by atoms with Crippen LogP contribution in [0.1, 0.15) is 12.8 Å². The molecule has 0 radical (unpaired) electrons. The van der Waals surface area contributed by atoms with E-state index in [9.17, 15) is 22.0 Å². The van der Waals surface area contributed by atoms with Crippen LogP contribution in [-0.4, -0.2) is 36.3 Å². The number of thiophene rings is 1. The molecule has 6 nitrogen and oxygen atoms in total. The van der Waals surface area contributed by atoms with Gasteiger partial charge in [-0.2, -0.15) is 9.30 Å². The molecule has 2 aromatic heterocycles. The van der Waals surface area contributed by atoms with Crippen LogP contribution in [0.25, 0.3) is 10.2 Å². The second kappa shape index (κ2) is 9.14. The SMILES string of the molecule is C=CCn1c(=NC(=O)C2CCCN(S(=O)(=O)c3ccc(Cl)s3)C2)sc2cc(F)cc(F)c21. The molecule has 1 atom stereocenters. The van der Waals surface area contributed by atoms with Crippen LogP contribution in [-0.2, 0) is 21.4 Å². The van der Waals surface area contributed by atoms with Crippen LogP contribution < -0.4 is 4.80 Å². The van der Waals surface area contributed by atoms with E-state index in [4.69, 9.17) is 11.6 Å². The highest BCUT2D eigenvalue weighted by Gasteiger charge is 2.34. The molecule has 1 fully saturated rings. The Balaban J connectivity index is 1.66. The maximum Gasteiger partial charge on any atom is 0.252 e. The van der Waals surface area contributed by atoms with Gasteiger partial charge in [-0.3, -0.25) is 4.79 Å². The lowest BCUT2D eigenvalue weighted by Crippen LogP contribution is -2.42. The van der Waals surface area contributed by atoms with E-state index in [1.165, 1.54) is 33.1 Å². The number of benzene rings is 1. The Hall–Kier alpha value is -1.92. The van der Waals surface area contributed by atoms with E-state index in [2.05, 4.69) is 11.6 Å². The molecule has 0 spiro atoms. The molecule has 12 heteroatoms. The number of hydrogen-bond donors (Lipinski definition) is 0. The third kappa shape index (κ3) is 4.44. The van der Waals surface area contributed by atoms with Gasteiger partial charge in [-0.25, -0.2) is 17.2 Å². The van der Waals surface area contributed by atoms with Gasteiger partial charge in [-0.05, 0) is 31.0 Å². The van der Waals surface area contributed by atoms with Crippen molar-refractivity contribution < 1.29 is 22.0 Å².